The van der Waals surface area contributed by atoms with Crippen LogP contribution >= 0.6 is 0 Å². The fourth-order valence-corrected chi connectivity index (χ4v) is 3.33. The van der Waals surface area contributed by atoms with E-state index in [0.29, 0.717) is 5.69 Å². The number of hydrogen-bond acceptors (Lipinski definition) is 9. The van der Waals surface area contributed by atoms with Crippen LogP contribution < -0.4 is 5.32 Å². The number of non-ortho nitro benzene ring substituents is 2. The maximum atomic E-state index is 13.2. The fraction of sp³-hybridized carbons (Fsp3) is 0.0476. The molecule has 0 radical (unpaired) electrons. The minimum Gasteiger partial charge on any atom is -0.508 e. The molecule has 1 unspecified atom stereocenters. The molecule has 1 amide bonds. The summed E-state index contributed by atoms with van der Waals surface area (Å²) in [7, 11) is 0. The van der Waals surface area contributed by atoms with Crippen LogP contribution in [0.25, 0.3) is 0 Å². The van der Waals surface area contributed by atoms with Gasteiger partial charge in [-0.2, -0.15) is 5.10 Å². The molecule has 0 fully saturated rings. The summed E-state index contributed by atoms with van der Waals surface area (Å²) in [6.07, 6.45) is -0.0959. The summed E-state index contributed by atoms with van der Waals surface area (Å²) in [5.74, 6) is -1.22. The average molecular weight is 449 g/mol. The lowest BCUT2D eigenvalue weighted by atomic mass is 10.0. The number of hydrogen-bond donors (Lipinski definition) is 3. The molecule has 33 heavy (non-hydrogen) atoms. The van der Waals surface area contributed by atoms with Gasteiger partial charge in [0.05, 0.1) is 21.6 Å². The van der Waals surface area contributed by atoms with Crippen LogP contribution in [0.3, 0.4) is 0 Å². The molecule has 0 aromatic heterocycles. The molecule has 1 atom stereocenters. The summed E-state index contributed by atoms with van der Waals surface area (Å²) in [4.78, 5) is 34.2. The fourth-order valence-electron chi connectivity index (χ4n) is 3.33. The molecule has 0 saturated carbocycles. The van der Waals surface area contributed by atoms with Crippen LogP contribution in [0.15, 0.2) is 65.8 Å². The second kappa shape index (κ2) is 8.26. The Morgan fingerprint density at radius 3 is 2.27 bits per heavy atom. The van der Waals surface area contributed by atoms with Crippen molar-refractivity contribution in [3.05, 3.63) is 97.6 Å². The summed E-state index contributed by atoms with van der Waals surface area (Å²) in [6, 6.07) is 13.2. The number of fused-ring (bicyclic) bond motifs is 1. The number of rotatable bonds is 5. The molecule has 12 heteroatoms. The highest BCUT2D eigenvalue weighted by atomic mass is 16.6. The predicted molar refractivity (Wildman–Crippen MR) is 116 cm³/mol. The van der Waals surface area contributed by atoms with Crippen LogP contribution in [0.5, 0.6) is 11.5 Å². The number of nitrogens with one attached hydrogen (secondary N) is 1. The minimum atomic E-state index is -1.15. The summed E-state index contributed by atoms with van der Waals surface area (Å²) >= 11 is 0. The molecule has 3 N–H and O–H groups in total. The van der Waals surface area contributed by atoms with Crippen molar-refractivity contribution < 1.29 is 24.9 Å². The van der Waals surface area contributed by atoms with Crippen molar-refractivity contribution in [3.8, 4) is 11.5 Å². The van der Waals surface area contributed by atoms with E-state index in [1.807, 2.05) is 0 Å². The number of para-hydroxylation sites is 1. The molecular weight excluding hydrogens is 434 g/mol. The van der Waals surface area contributed by atoms with Gasteiger partial charge >= 0.3 is 0 Å². The zero-order chi connectivity index (χ0) is 23.7. The number of carbonyl (C=O) groups is 1. The number of amides is 1. The first-order chi connectivity index (χ1) is 15.8. The van der Waals surface area contributed by atoms with Gasteiger partial charge in [0, 0.05) is 41.1 Å². The first-order valence-electron chi connectivity index (χ1n) is 9.44. The number of benzene rings is 3. The van der Waals surface area contributed by atoms with Crippen molar-refractivity contribution in [2.24, 2.45) is 5.10 Å². The van der Waals surface area contributed by atoms with Crippen molar-refractivity contribution in [2.45, 2.75) is 6.17 Å². The van der Waals surface area contributed by atoms with E-state index in [2.05, 4.69) is 10.4 Å². The zero-order valence-electron chi connectivity index (χ0n) is 16.7. The first-order valence-corrected chi connectivity index (χ1v) is 9.44. The number of carbonyl (C=O) groups excluding carboxylic acids is 1. The molecule has 1 aliphatic heterocycles. The summed E-state index contributed by atoms with van der Waals surface area (Å²) < 4.78 is 0. The molecule has 1 aliphatic rings. The molecule has 0 aliphatic carbocycles. The summed E-state index contributed by atoms with van der Waals surface area (Å²) in [6.45, 7) is 0. The van der Waals surface area contributed by atoms with E-state index in [1.165, 1.54) is 0 Å². The third kappa shape index (κ3) is 3.99. The van der Waals surface area contributed by atoms with Crippen LogP contribution in [-0.4, -0.2) is 37.2 Å². The van der Waals surface area contributed by atoms with Gasteiger partial charge in [-0.3, -0.25) is 25.0 Å². The number of anilines is 1. The van der Waals surface area contributed by atoms with Crippen LogP contribution in [0, 0.1) is 20.2 Å². The standard InChI is InChI=1S/C21H15N5O7/c27-18-7-5-13(25(30)31)9-12(18)11-22-24-20(16-10-14(26(32)33)6-8-19(16)28)23-17-4-2-1-3-15(17)21(24)29/h1-11,20,23,27-28H/b22-11+. The number of phenolic OH excluding ortho intramolecular Hbond substituents is 2. The lowest BCUT2D eigenvalue weighted by Gasteiger charge is -2.34. The summed E-state index contributed by atoms with van der Waals surface area (Å²) in [5.41, 5.74) is 0.0409. The topological polar surface area (TPSA) is 171 Å². The van der Waals surface area contributed by atoms with Gasteiger partial charge in [-0.05, 0) is 24.3 Å². The van der Waals surface area contributed by atoms with Gasteiger partial charge in [-0.1, -0.05) is 12.1 Å². The second-order valence-electron chi connectivity index (χ2n) is 6.99. The van der Waals surface area contributed by atoms with Crippen LogP contribution in [0.2, 0.25) is 0 Å². The lowest BCUT2D eigenvalue weighted by molar-refractivity contribution is -0.385. The number of nitro benzene ring substituents is 2. The van der Waals surface area contributed by atoms with Crippen molar-refractivity contribution in [1.29, 1.82) is 0 Å². The lowest BCUT2D eigenvalue weighted by Crippen LogP contribution is -2.39. The highest BCUT2D eigenvalue weighted by molar-refractivity contribution is 6.02. The maximum Gasteiger partial charge on any atom is 0.278 e. The molecular formula is C21H15N5O7. The smallest absolute Gasteiger partial charge is 0.278 e. The minimum absolute atomic E-state index is 0.00691. The van der Waals surface area contributed by atoms with Crippen molar-refractivity contribution in [1.82, 2.24) is 5.01 Å². The van der Waals surface area contributed by atoms with E-state index in [4.69, 9.17) is 0 Å². The van der Waals surface area contributed by atoms with Crippen LogP contribution in [0.1, 0.15) is 27.7 Å². The monoisotopic (exact) mass is 449 g/mol. The van der Waals surface area contributed by atoms with Gasteiger partial charge in [-0.25, -0.2) is 5.01 Å². The molecule has 166 valence electrons. The van der Waals surface area contributed by atoms with Crippen molar-refractivity contribution in [3.63, 3.8) is 0 Å². The van der Waals surface area contributed by atoms with E-state index >= 15 is 0 Å². The largest absolute Gasteiger partial charge is 0.508 e. The highest BCUT2D eigenvalue weighted by Crippen LogP contribution is 2.38. The Kier molecular flexibility index (Phi) is 5.32. The third-order valence-electron chi connectivity index (χ3n) is 4.96. The molecule has 0 bridgehead atoms. The number of phenols is 2. The normalized spacial score (nSPS) is 15.2. The summed E-state index contributed by atoms with van der Waals surface area (Å²) in [5, 5.41) is 50.8. The van der Waals surface area contributed by atoms with Gasteiger partial charge < -0.3 is 15.5 Å². The number of hydrazone groups is 1. The molecule has 0 spiro atoms. The van der Waals surface area contributed by atoms with Gasteiger partial charge in [-0.15, -0.1) is 0 Å². The van der Waals surface area contributed by atoms with Crippen molar-refractivity contribution in [2.75, 3.05) is 5.32 Å². The number of nitrogens with zero attached hydrogens (tertiary/aromatic N) is 4. The van der Waals surface area contributed by atoms with Crippen molar-refractivity contribution >= 4 is 29.2 Å². The first kappa shape index (κ1) is 21.2. The zero-order valence-corrected chi connectivity index (χ0v) is 16.7. The molecule has 0 saturated heterocycles. The predicted octanol–water partition coefficient (Wildman–Crippen LogP) is 3.51. The average Bonchev–Trinajstić information content (AvgIpc) is 2.79. The molecule has 3 aromatic rings. The molecule has 12 nitrogen and oxygen atoms in total. The third-order valence-corrected chi connectivity index (χ3v) is 4.96. The molecule has 3 aromatic carbocycles. The second-order valence-corrected chi connectivity index (χ2v) is 6.99. The van der Waals surface area contributed by atoms with Crippen LogP contribution in [-0.2, 0) is 0 Å². The molecule has 4 rings (SSSR count). The Balaban J connectivity index is 1.82. The number of aromatic hydroxyl groups is 2. The Hall–Kier alpha value is -5.00. The quantitative estimate of drug-likeness (QED) is 0.301. The Labute approximate surface area is 185 Å². The number of nitro groups is 2. The van der Waals surface area contributed by atoms with Gasteiger partial charge in [0.1, 0.15) is 11.5 Å². The van der Waals surface area contributed by atoms with E-state index in [1.54, 1.807) is 24.3 Å². The SMILES string of the molecule is O=C1c2ccccc2NC(c2cc([N+](=O)[O-])ccc2O)N1/N=C/c1cc([N+](=O)[O-])ccc1O. The van der Waals surface area contributed by atoms with E-state index in [0.717, 1.165) is 47.6 Å². The maximum absolute atomic E-state index is 13.2. The van der Waals surface area contributed by atoms with E-state index in [-0.39, 0.29) is 39.6 Å². The van der Waals surface area contributed by atoms with Crippen LogP contribution in [0.4, 0.5) is 17.1 Å². The van der Waals surface area contributed by atoms with Gasteiger partial charge in [0.15, 0.2) is 6.17 Å². The van der Waals surface area contributed by atoms with Gasteiger partial charge in [0.2, 0.25) is 0 Å². The van der Waals surface area contributed by atoms with E-state index in [9.17, 15) is 35.2 Å². The Morgan fingerprint density at radius 2 is 1.58 bits per heavy atom. The molecule has 1 heterocycles. The Morgan fingerprint density at radius 1 is 0.939 bits per heavy atom. The van der Waals surface area contributed by atoms with Gasteiger partial charge in [0.25, 0.3) is 17.3 Å². The van der Waals surface area contributed by atoms with E-state index < -0.39 is 21.9 Å². The highest BCUT2D eigenvalue weighted by Gasteiger charge is 2.35. The Bertz CT molecular complexity index is 1320.